The first-order valence-electron chi connectivity index (χ1n) is 11.0. The van der Waals surface area contributed by atoms with Crippen molar-refractivity contribution in [3.63, 3.8) is 0 Å². The second-order valence-corrected chi connectivity index (χ2v) is 7.88. The van der Waals surface area contributed by atoms with E-state index in [1.807, 2.05) is 0 Å². The number of aliphatic hydroxyl groups is 1. The van der Waals surface area contributed by atoms with E-state index in [9.17, 15) is 29.1 Å². The molecule has 0 aliphatic heterocycles. The number of nitrogens with two attached hydrogens (primary N) is 3. The molecular formula is C20H34N8O7. The van der Waals surface area contributed by atoms with Crippen LogP contribution in [0, 0.1) is 0 Å². The van der Waals surface area contributed by atoms with Crippen molar-refractivity contribution < 1.29 is 34.2 Å². The van der Waals surface area contributed by atoms with Gasteiger partial charge in [0.1, 0.15) is 18.1 Å². The lowest BCUT2D eigenvalue weighted by Crippen LogP contribution is -2.58. The molecule has 15 nitrogen and oxygen atoms in total. The number of aromatic amines is 1. The van der Waals surface area contributed by atoms with E-state index in [1.54, 1.807) is 0 Å². The van der Waals surface area contributed by atoms with E-state index in [-0.39, 0.29) is 25.7 Å². The molecule has 0 spiro atoms. The zero-order valence-electron chi connectivity index (χ0n) is 19.2. The molecule has 0 aromatic carbocycles. The Kier molecular flexibility index (Phi) is 12.9. The lowest BCUT2D eigenvalue weighted by molar-refractivity contribution is -0.143. The minimum atomic E-state index is -1.56. The van der Waals surface area contributed by atoms with Gasteiger partial charge < -0.3 is 48.3 Å². The number of imidazole rings is 1. The third-order valence-corrected chi connectivity index (χ3v) is 5.03. The van der Waals surface area contributed by atoms with Gasteiger partial charge in [0.15, 0.2) is 0 Å². The molecule has 0 aliphatic rings. The Bertz CT molecular complexity index is 849. The normalized spacial score (nSPS) is 14.3. The highest BCUT2D eigenvalue weighted by atomic mass is 16.4. The van der Waals surface area contributed by atoms with Crippen LogP contribution in [0.3, 0.4) is 0 Å². The molecule has 0 saturated heterocycles. The topological polar surface area (TPSA) is 269 Å². The second kappa shape index (κ2) is 15.4. The van der Waals surface area contributed by atoms with Crippen molar-refractivity contribution in [2.24, 2.45) is 17.2 Å². The Hall–Kier alpha value is -3.56. The number of unbranched alkanes of at least 4 members (excludes halogenated alkanes) is 1. The van der Waals surface area contributed by atoms with Gasteiger partial charge in [0.05, 0.1) is 19.0 Å². The first-order chi connectivity index (χ1) is 16.6. The van der Waals surface area contributed by atoms with Gasteiger partial charge in [-0.3, -0.25) is 19.2 Å². The Morgan fingerprint density at radius 1 is 0.971 bits per heavy atom. The van der Waals surface area contributed by atoms with Crippen LogP contribution in [0.1, 0.15) is 37.8 Å². The summed E-state index contributed by atoms with van der Waals surface area (Å²) in [4.78, 5) is 67.1. The van der Waals surface area contributed by atoms with E-state index in [0.29, 0.717) is 25.1 Å². The molecule has 0 bridgehead atoms. The van der Waals surface area contributed by atoms with Crippen LogP contribution in [0.2, 0.25) is 0 Å². The largest absolute Gasteiger partial charge is 0.480 e. The van der Waals surface area contributed by atoms with E-state index < -0.39 is 60.4 Å². The smallest absolute Gasteiger partial charge is 0.328 e. The number of aliphatic hydroxyl groups excluding tert-OH is 1. The predicted octanol–water partition coefficient (Wildman–Crippen LogP) is -3.79. The molecule has 1 rings (SSSR count). The fourth-order valence-electron chi connectivity index (χ4n) is 3.02. The third-order valence-electron chi connectivity index (χ3n) is 5.03. The fourth-order valence-corrected chi connectivity index (χ4v) is 3.02. The maximum absolute atomic E-state index is 13.1. The maximum Gasteiger partial charge on any atom is 0.328 e. The molecule has 4 atom stereocenters. The first kappa shape index (κ1) is 29.5. The number of amides is 4. The molecule has 4 amide bonds. The molecule has 4 unspecified atom stereocenters. The number of H-pyrrole nitrogens is 1. The first-order valence-corrected chi connectivity index (χ1v) is 11.0. The fraction of sp³-hybridized carbons (Fsp3) is 0.600. The molecule has 196 valence electrons. The molecule has 15 heteroatoms. The van der Waals surface area contributed by atoms with Crippen molar-refractivity contribution in [3.8, 4) is 0 Å². The monoisotopic (exact) mass is 498 g/mol. The van der Waals surface area contributed by atoms with Crippen LogP contribution in [0.15, 0.2) is 12.5 Å². The van der Waals surface area contributed by atoms with Gasteiger partial charge in [-0.15, -0.1) is 0 Å². The number of rotatable bonds is 17. The summed E-state index contributed by atoms with van der Waals surface area (Å²) in [7, 11) is 0. The third kappa shape index (κ3) is 10.9. The molecule has 12 N–H and O–H groups in total. The van der Waals surface area contributed by atoms with Gasteiger partial charge in [0.25, 0.3) is 0 Å². The minimum absolute atomic E-state index is 0.0222. The molecular weight excluding hydrogens is 464 g/mol. The molecule has 1 heterocycles. The molecule has 0 aliphatic carbocycles. The second-order valence-electron chi connectivity index (χ2n) is 7.88. The lowest BCUT2D eigenvalue weighted by atomic mass is 10.1. The maximum atomic E-state index is 13.1. The van der Waals surface area contributed by atoms with Gasteiger partial charge in [-0.1, -0.05) is 0 Å². The van der Waals surface area contributed by atoms with E-state index >= 15 is 0 Å². The molecule has 1 aromatic rings. The van der Waals surface area contributed by atoms with Crippen LogP contribution in [-0.2, 0) is 30.4 Å². The Morgan fingerprint density at radius 3 is 2.14 bits per heavy atom. The summed E-state index contributed by atoms with van der Waals surface area (Å²) in [6.07, 6.45) is 3.79. The number of aromatic nitrogens is 2. The van der Waals surface area contributed by atoms with E-state index in [4.69, 9.17) is 22.3 Å². The van der Waals surface area contributed by atoms with Crippen LogP contribution in [0.25, 0.3) is 0 Å². The minimum Gasteiger partial charge on any atom is -0.480 e. The number of primary amides is 1. The highest BCUT2D eigenvalue weighted by Gasteiger charge is 2.30. The summed E-state index contributed by atoms with van der Waals surface area (Å²) >= 11 is 0. The van der Waals surface area contributed by atoms with Crippen molar-refractivity contribution in [2.45, 2.75) is 62.7 Å². The number of nitrogens with one attached hydrogen (secondary N) is 4. The Labute approximate surface area is 201 Å². The highest BCUT2D eigenvalue weighted by Crippen LogP contribution is 2.06. The summed E-state index contributed by atoms with van der Waals surface area (Å²) in [5.74, 6) is -4.34. The summed E-state index contributed by atoms with van der Waals surface area (Å²) < 4.78 is 0. The zero-order valence-corrected chi connectivity index (χ0v) is 19.2. The number of carbonyl (C=O) groups is 5. The van der Waals surface area contributed by atoms with Gasteiger partial charge in [0, 0.05) is 24.7 Å². The van der Waals surface area contributed by atoms with Crippen molar-refractivity contribution >= 4 is 29.6 Å². The lowest BCUT2D eigenvalue weighted by Gasteiger charge is -2.25. The standard InChI is InChI=1S/C20H34N8O7/c21-6-2-1-3-13(18(32)28-15(9-29)20(34)35)26-19(33)14(7-11-8-24-10-25-11)27-17(31)12(22)4-5-16(23)30/h8,10,12-15,29H,1-7,9,21-22H2,(H2,23,30)(H,24,25)(H,26,33)(H,27,31)(H,28,32)(H,34,35). The Balaban J connectivity index is 3.00. The number of hydrogen-bond acceptors (Lipinski definition) is 9. The van der Waals surface area contributed by atoms with Crippen molar-refractivity contribution in [1.82, 2.24) is 25.9 Å². The van der Waals surface area contributed by atoms with Gasteiger partial charge in [0.2, 0.25) is 23.6 Å². The van der Waals surface area contributed by atoms with Gasteiger partial charge in [-0.05, 0) is 32.2 Å². The summed E-state index contributed by atoms with van der Waals surface area (Å²) in [6, 6.07) is -5.00. The SMILES string of the molecule is NCCCCC(NC(=O)C(Cc1cnc[nH]1)NC(=O)C(N)CCC(N)=O)C(=O)NC(CO)C(=O)O. The molecule has 1 aromatic heterocycles. The van der Waals surface area contributed by atoms with Gasteiger partial charge in [-0.2, -0.15) is 0 Å². The van der Waals surface area contributed by atoms with E-state index in [0.717, 1.165) is 0 Å². The molecule has 0 fully saturated rings. The summed E-state index contributed by atoms with van der Waals surface area (Å²) in [5.41, 5.74) is 16.9. The van der Waals surface area contributed by atoms with Crippen LogP contribution in [-0.4, -0.2) is 87.1 Å². The van der Waals surface area contributed by atoms with Crippen molar-refractivity contribution in [3.05, 3.63) is 18.2 Å². The molecule has 35 heavy (non-hydrogen) atoms. The Morgan fingerprint density at radius 2 is 1.60 bits per heavy atom. The van der Waals surface area contributed by atoms with E-state index in [2.05, 4.69) is 25.9 Å². The predicted molar refractivity (Wildman–Crippen MR) is 122 cm³/mol. The number of aliphatic carboxylic acids is 1. The number of hydrogen-bond donors (Lipinski definition) is 9. The molecule has 0 saturated carbocycles. The van der Waals surface area contributed by atoms with Gasteiger partial charge >= 0.3 is 5.97 Å². The number of carboxylic acid groups (broad SMARTS) is 1. The van der Waals surface area contributed by atoms with E-state index in [1.165, 1.54) is 12.5 Å². The number of carboxylic acids is 1. The van der Waals surface area contributed by atoms with Gasteiger partial charge in [-0.25, -0.2) is 9.78 Å². The number of carbonyl (C=O) groups excluding carboxylic acids is 4. The van der Waals surface area contributed by atoms with Crippen LogP contribution in [0.4, 0.5) is 0 Å². The summed E-state index contributed by atoms with van der Waals surface area (Å²) in [5, 5.41) is 25.5. The van der Waals surface area contributed by atoms with Crippen LogP contribution >= 0.6 is 0 Å². The average molecular weight is 499 g/mol. The van der Waals surface area contributed by atoms with Crippen LogP contribution < -0.4 is 33.2 Å². The molecule has 0 radical (unpaired) electrons. The quantitative estimate of drug-likeness (QED) is 0.0945. The number of nitrogens with zero attached hydrogens (tertiary/aromatic N) is 1. The van der Waals surface area contributed by atoms with Crippen molar-refractivity contribution in [2.75, 3.05) is 13.2 Å². The van der Waals surface area contributed by atoms with Crippen LogP contribution in [0.5, 0.6) is 0 Å². The zero-order chi connectivity index (χ0) is 26.4. The van der Waals surface area contributed by atoms with Crippen molar-refractivity contribution in [1.29, 1.82) is 0 Å². The average Bonchev–Trinajstić information content (AvgIpc) is 3.32. The summed E-state index contributed by atoms with van der Waals surface area (Å²) in [6.45, 7) is -0.495. The highest BCUT2D eigenvalue weighted by molar-refractivity contribution is 5.94.